The molecule has 0 unspecified atom stereocenters. The Balaban J connectivity index is 1.34. The fourth-order valence-corrected chi connectivity index (χ4v) is 8.49. The smallest absolute Gasteiger partial charge is 0.406 e. The molecule has 1 amide bonds. The predicted octanol–water partition coefficient (Wildman–Crippen LogP) is 6.92. The van der Waals surface area contributed by atoms with Crippen LogP contribution in [0.3, 0.4) is 0 Å². The van der Waals surface area contributed by atoms with E-state index in [0.717, 1.165) is 45.8 Å². The zero-order chi connectivity index (χ0) is 43.4. The predicted molar refractivity (Wildman–Crippen MR) is 195 cm³/mol. The fourth-order valence-electron chi connectivity index (χ4n) is 7.76. The first kappa shape index (κ1) is 40.9. The molecule has 3 atom stereocenters. The molecule has 3 heterocycles. The van der Waals surface area contributed by atoms with E-state index in [1.165, 1.54) is 19.2 Å². The van der Waals surface area contributed by atoms with Gasteiger partial charge in [-0.25, -0.2) is 31.0 Å². The minimum absolute atomic E-state index is 0.0562. The zero-order valence-electron chi connectivity index (χ0n) is 30.5. The number of sulfonamides is 1. The van der Waals surface area contributed by atoms with E-state index in [0.29, 0.717) is 10.7 Å². The van der Waals surface area contributed by atoms with Crippen molar-refractivity contribution in [1.82, 2.24) is 34.4 Å². The molecule has 2 aliphatic rings. The minimum atomic E-state index is -5.19. The fraction of sp³-hybridized carbons (Fsp3) is 0.306. The highest BCUT2D eigenvalue weighted by Gasteiger charge is 2.67. The maximum Gasteiger partial charge on any atom is 0.573 e. The van der Waals surface area contributed by atoms with E-state index in [-0.39, 0.29) is 50.5 Å². The van der Waals surface area contributed by atoms with E-state index < -0.39 is 111 Å². The molecule has 60 heavy (non-hydrogen) atoms. The molecule has 8 rings (SSSR count). The number of hydrogen-bond donors (Lipinski definition) is 2. The molecule has 24 heteroatoms. The number of benzene rings is 3. The van der Waals surface area contributed by atoms with Crippen molar-refractivity contribution in [2.75, 3.05) is 11.0 Å². The summed E-state index contributed by atoms with van der Waals surface area (Å²) in [7, 11) is -2.67. The van der Waals surface area contributed by atoms with Crippen LogP contribution in [0.2, 0.25) is 5.02 Å². The van der Waals surface area contributed by atoms with Crippen LogP contribution in [-0.4, -0.2) is 56.1 Å². The molecule has 13 nitrogen and oxygen atoms in total. The highest BCUT2D eigenvalue weighted by molar-refractivity contribution is 7.92. The van der Waals surface area contributed by atoms with Crippen molar-refractivity contribution < 1.29 is 57.5 Å². The number of carbonyl (C=O) groups is 1. The summed E-state index contributed by atoms with van der Waals surface area (Å²) in [6.07, 6.45) is -8.29. The van der Waals surface area contributed by atoms with Crippen molar-refractivity contribution in [2.24, 2.45) is 13.0 Å². The van der Waals surface area contributed by atoms with Crippen LogP contribution in [0, 0.1) is 17.6 Å². The van der Waals surface area contributed by atoms with E-state index in [9.17, 15) is 48.7 Å². The molecule has 6 aromatic rings. The lowest BCUT2D eigenvalue weighted by atomic mass is 10.0. The van der Waals surface area contributed by atoms with E-state index >= 15 is 8.78 Å². The molecule has 3 aromatic heterocycles. The Labute approximate surface area is 335 Å². The van der Waals surface area contributed by atoms with Crippen LogP contribution in [-0.2, 0) is 40.8 Å². The van der Waals surface area contributed by atoms with E-state index in [2.05, 4.69) is 30.0 Å². The number of ether oxygens (including phenoxy) is 1. The number of rotatable bonds is 11. The first-order chi connectivity index (χ1) is 28.0. The highest BCUT2D eigenvalue weighted by atomic mass is 35.5. The van der Waals surface area contributed by atoms with Crippen LogP contribution in [0.5, 0.6) is 5.75 Å². The van der Waals surface area contributed by atoms with Crippen molar-refractivity contribution in [3.63, 3.8) is 0 Å². The topological polar surface area (TPSA) is 155 Å². The first-order valence-electron chi connectivity index (χ1n) is 17.5. The van der Waals surface area contributed by atoms with E-state index in [1.807, 2.05) is 0 Å². The number of nitrogens with zero attached hydrogens (tertiary/aromatic N) is 6. The second-order valence-corrected chi connectivity index (χ2v) is 16.4. The Hall–Kier alpha value is -5.84. The Morgan fingerprint density at radius 3 is 2.42 bits per heavy atom. The van der Waals surface area contributed by atoms with Gasteiger partial charge < -0.3 is 10.1 Å². The van der Waals surface area contributed by atoms with Gasteiger partial charge in [-0.3, -0.25) is 28.2 Å². The molecule has 2 aliphatic carbocycles. The summed E-state index contributed by atoms with van der Waals surface area (Å²) in [6.45, 7) is -1.08. The number of fused-ring (bicyclic) bond motifs is 5. The number of carbonyl (C=O) groups excluding carboxylic acids is 1. The standard InChI is InChI=1S/C36H26ClF9N8O5S/c1-52-29-24(6-4-21(37)27(29)32(50-52)51-60(2,57)58)54-33(48-22-5-3-17(59-36(44,45)46)11-19(22)34(54)56)23(9-14-7-15(38)10-16(39)8-14)47-25(55)13-53-30-26(28(49-53)31(40)41)18-12-20(18)35(30,42)43/h3-8,10-11,18,20,23,31H,9,12-13H2,1-2H3,(H,47,55)(H,50,51)/t18-,20+,23-/m0/s1. The summed E-state index contributed by atoms with van der Waals surface area (Å²) in [6, 6.07) is 5.61. The molecule has 3 aromatic carbocycles. The number of anilines is 1. The van der Waals surface area contributed by atoms with Crippen LogP contribution < -0.4 is 20.3 Å². The second kappa shape index (κ2) is 14.1. The molecule has 1 saturated carbocycles. The number of aromatic nitrogens is 6. The van der Waals surface area contributed by atoms with Crippen LogP contribution in [0.25, 0.3) is 27.5 Å². The molecule has 0 bridgehead atoms. The number of nitrogens with one attached hydrogen (secondary N) is 2. The van der Waals surface area contributed by atoms with Crippen molar-refractivity contribution in [2.45, 2.75) is 50.1 Å². The average molecular weight is 889 g/mol. The summed E-state index contributed by atoms with van der Waals surface area (Å²) in [5, 5.41) is 9.65. The Morgan fingerprint density at radius 2 is 1.77 bits per heavy atom. The molecule has 0 radical (unpaired) electrons. The summed E-state index contributed by atoms with van der Waals surface area (Å²) in [5.41, 5.74) is -3.99. The normalized spacial score (nSPS) is 17.6. The molecule has 316 valence electrons. The van der Waals surface area contributed by atoms with Gasteiger partial charge in [0, 0.05) is 31.0 Å². The van der Waals surface area contributed by atoms with Gasteiger partial charge in [-0.1, -0.05) is 11.6 Å². The number of alkyl halides is 7. The second-order valence-electron chi connectivity index (χ2n) is 14.3. The molecule has 0 aliphatic heterocycles. The Bertz CT molecular complexity index is 2930. The van der Waals surface area contributed by atoms with Gasteiger partial charge in [0.2, 0.25) is 15.9 Å². The monoisotopic (exact) mass is 888 g/mol. The van der Waals surface area contributed by atoms with Crippen molar-refractivity contribution >= 4 is 55.2 Å². The third-order valence-electron chi connectivity index (χ3n) is 10.0. The largest absolute Gasteiger partial charge is 0.573 e. The highest BCUT2D eigenvalue weighted by Crippen LogP contribution is 2.68. The first-order valence-corrected chi connectivity index (χ1v) is 19.7. The maximum absolute atomic E-state index is 15.4. The van der Waals surface area contributed by atoms with E-state index in [1.54, 1.807) is 0 Å². The van der Waals surface area contributed by atoms with E-state index in [4.69, 9.17) is 11.6 Å². The molecule has 0 saturated heterocycles. The number of halogens is 10. The van der Waals surface area contributed by atoms with Gasteiger partial charge in [0.05, 0.1) is 44.8 Å². The summed E-state index contributed by atoms with van der Waals surface area (Å²) in [4.78, 5) is 33.1. The van der Waals surface area contributed by atoms with Gasteiger partial charge in [-0.05, 0) is 60.4 Å². The number of aryl methyl sites for hydroxylation is 1. The molecular formula is C36H26ClF9N8O5S. The Kier molecular flexibility index (Phi) is 9.64. The average Bonchev–Trinajstić information content (AvgIpc) is 3.66. The molecule has 0 spiro atoms. The molecule has 2 N–H and O–H groups in total. The molecular weight excluding hydrogens is 863 g/mol. The van der Waals surface area contributed by atoms with Gasteiger partial charge >= 0.3 is 6.36 Å². The third kappa shape index (κ3) is 7.36. The van der Waals surface area contributed by atoms with Crippen LogP contribution in [0.15, 0.2) is 53.3 Å². The van der Waals surface area contributed by atoms with Gasteiger partial charge in [-0.15, -0.1) is 13.2 Å². The lowest BCUT2D eigenvalue weighted by Gasteiger charge is -2.24. The lowest BCUT2D eigenvalue weighted by molar-refractivity contribution is -0.274. The van der Waals surface area contributed by atoms with Gasteiger partial charge in [0.1, 0.15) is 41.1 Å². The van der Waals surface area contributed by atoms with Crippen molar-refractivity contribution in [1.29, 1.82) is 0 Å². The van der Waals surface area contributed by atoms with Crippen LogP contribution in [0.4, 0.5) is 45.3 Å². The number of amides is 1. The molecule has 1 fully saturated rings. The summed E-state index contributed by atoms with van der Waals surface area (Å²) < 4.78 is 161. The van der Waals surface area contributed by atoms with Gasteiger partial charge in [-0.2, -0.15) is 19.0 Å². The van der Waals surface area contributed by atoms with Crippen LogP contribution >= 0.6 is 11.6 Å². The van der Waals surface area contributed by atoms with Crippen molar-refractivity contribution in [3.8, 4) is 11.4 Å². The summed E-state index contributed by atoms with van der Waals surface area (Å²) in [5.74, 6) is -10.7. The lowest BCUT2D eigenvalue weighted by Crippen LogP contribution is -2.38. The minimum Gasteiger partial charge on any atom is -0.406 e. The van der Waals surface area contributed by atoms with Gasteiger partial charge in [0.15, 0.2) is 5.82 Å². The van der Waals surface area contributed by atoms with Gasteiger partial charge in [0.25, 0.3) is 17.9 Å². The third-order valence-corrected chi connectivity index (χ3v) is 10.9. The Morgan fingerprint density at radius 1 is 1.07 bits per heavy atom. The zero-order valence-corrected chi connectivity index (χ0v) is 32.0. The van der Waals surface area contributed by atoms with Crippen molar-refractivity contribution in [3.05, 3.63) is 104 Å². The summed E-state index contributed by atoms with van der Waals surface area (Å²) >= 11 is 6.51. The SMILES string of the molecule is Cn1nc(NS(C)(=O)=O)c2c(Cl)ccc(-n3c([C@H](Cc4cc(F)cc(F)c4)NC(=O)Cn4nc(C(F)F)c5c4C(F)(F)[C@@H]4C[C@H]54)nc4ccc(OC(F)(F)F)cc4c3=O)c21. The van der Waals surface area contributed by atoms with Crippen LogP contribution in [0.1, 0.15) is 53.1 Å². The quantitative estimate of drug-likeness (QED) is 0.133. The number of hydrogen-bond acceptors (Lipinski definition) is 8. The maximum atomic E-state index is 15.4.